The maximum atomic E-state index is 12.2. The van der Waals surface area contributed by atoms with Crippen molar-refractivity contribution in [3.05, 3.63) is 94.5 Å². The SMILES string of the molecule is NC(=O)c1ccc(Oc2ccc(C(=O)NCCNC(=O)c3ccc(Cl)cc3)cc2)cc1. The number of nitrogens with two attached hydrogens (primary N) is 1. The highest BCUT2D eigenvalue weighted by Crippen LogP contribution is 2.22. The molecule has 0 heterocycles. The van der Waals surface area contributed by atoms with E-state index in [1.165, 1.54) is 0 Å². The normalized spacial score (nSPS) is 10.2. The predicted octanol–water partition coefficient (Wildman–Crippen LogP) is 3.39. The molecular formula is C23H20ClN3O4. The van der Waals surface area contributed by atoms with Gasteiger partial charge in [-0.05, 0) is 72.8 Å². The standard InChI is InChI=1S/C23H20ClN3O4/c24-18-7-1-16(2-8-18)22(29)26-13-14-27-23(30)17-5-11-20(12-6-17)31-19-9-3-15(4-10-19)21(25)28/h1-12H,13-14H2,(H2,25,28)(H,26,29)(H,27,30). The third-order valence-corrected chi connectivity index (χ3v) is 4.55. The van der Waals surface area contributed by atoms with E-state index in [9.17, 15) is 14.4 Å². The molecule has 3 amide bonds. The monoisotopic (exact) mass is 437 g/mol. The zero-order valence-corrected chi connectivity index (χ0v) is 17.2. The second-order valence-electron chi connectivity index (χ2n) is 6.53. The molecule has 3 aromatic rings. The number of hydrogen-bond acceptors (Lipinski definition) is 4. The third kappa shape index (κ3) is 6.32. The summed E-state index contributed by atoms with van der Waals surface area (Å²) in [6, 6.07) is 19.6. The van der Waals surface area contributed by atoms with Crippen LogP contribution in [-0.2, 0) is 0 Å². The molecule has 158 valence electrons. The molecule has 4 N–H and O–H groups in total. The van der Waals surface area contributed by atoms with Crippen molar-refractivity contribution in [1.29, 1.82) is 0 Å². The molecule has 0 aliphatic heterocycles. The van der Waals surface area contributed by atoms with Crippen LogP contribution in [0.1, 0.15) is 31.1 Å². The van der Waals surface area contributed by atoms with Crippen LogP contribution in [0, 0.1) is 0 Å². The smallest absolute Gasteiger partial charge is 0.251 e. The summed E-state index contributed by atoms with van der Waals surface area (Å²) in [5, 5.41) is 6.03. The molecule has 0 aliphatic rings. The predicted molar refractivity (Wildman–Crippen MR) is 118 cm³/mol. The van der Waals surface area contributed by atoms with Crippen molar-refractivity contribution in [3.63, 3.8) is 0 Å². The Hall–Kier alpha value is -3.84. The molecule has 0 unspecified atom stereocenters. The largest absolute Gasteiger partial charge is 0.457 e. The molecule has 0 bridgehead atoms. The van der Waals surface area contributed by atoms with E-state index < -0.39 is 5.91 Å². The van der Waals surface area contributed by atoms with Crippen LogP contribution in [0.25, 0.3) is 0 Å². The third-order valence-electron chi connectivity index (χ3n) is 4.29. The van der Waals surface area contributed by atoms with Crippen molar-refractivity contribution >= 4 is 29.3 Å². The second-order valence-corrected chi connectivity index (χ2v) is 6.97. The van der Waals surface area contributed by atoms with Gasteiger partial charge in [-0.3, -0.25) is 14.4 Å². The Bertz CT molecular complexity index is 1070. The molecule has 31 heavy (non-hydrogen) atoms. The Morgan fingerprint density at radius 2 is 1.06 bits per heavy atom. The van der Waals surface area contributed by atoms with Crippen molar-refractivity contribution in [2.24, 2.45) is 5.73 Å². The van der Waals surface area contributed by atoms with Crippen LogP contribution in [0.4, 0.5) is 0 Å². The van der Waals surface area contributed by atoms with Gasteiger partial charge in [0.15, 0.2) is 0 Å². The fourth-order valence-electron chi connectivity index (χ4n) is 2.66. The summed E-state index contributed by atoms with van der Waals surface area (Å²) < 4.78 is 5.68. The van der Waals surface area contributed by atoms with Crippen LogP contribution in [-0.4, -0.2) is 30.8 Å². The summed E-state index contributed by atoms with van der Waals surface area (Å²) in [5.74, 6) is 0.0677. The molecule has 8 heteroatoms. The lowest BCUT2D eigenvalue weighted by molar-refractivity contribution is 0.0927. The average molecular weight is 438 g/mol. The molecule has 0 radical (unpaired) electrons. The van der Waals surface area contributed by atoms with Gasteiger partial charge in [0.2, 0.25) is 5.91 Å². The highest BCUT2D eigenvalue weighted by atomic mass is 35.5. The number of nitrogens with one attached hydrogen (secondary N) is 2. The molecule has 0 spiro atoms. The molecule has 0 atom stereocenters. The lowest BCUT2D eigenvalue weighted by atomic mass is 10.2. The number of ether oxygens (including phenoxy) is 1. The van der Waals surface area contributed by atoms with Crippen LogP contribution in [0.15, 0.2) is 72.8 Å². The topological polar surface area (TPSA) is 111 Å². The minimum absolute atomic E-state index is 0.240. The Morgan fingerprint density at radius 3 is 1.48 bits per heavy atom. The first kappa shape index (κ1) is 21.9. The number of rotatable bonds is 8. The van der Waals surface area contributed by atoms with E-state index in [0.29, 0.717) is 33.2 Å². The van der Waals surface area contributed by atoms with E-state index in [-0.39, 0.29) is 24.9 Å². The second kappa shape index (κ2) is 10.3. The minimum Gasteiger partial charge on any atom is -0.457 e. The highest BCUT2D eigenvalue weighted by Gasteiger charge is 2.08. The van der Waals surface area contributed by atoms with Crippen LogP contribution in [0.5, 0.6) is 11.5 Å². The van der Waals surface area contributed by atoms with E-state index in [2.05, 4.69) is 10.6 Å². The van der Waals surface area contributed by atoms with Gasteiger partial charge in [-0.2, -0.15) is 0 Å². The van der Waals surface area contributed by atoms with E-state index in [1.54, 1.807) is 72.8 Å². The minimum atomic E-state index is -0.508. The lowest BCUT2D eigenvalue weighted by Gasteiger charge is -2.09. The molecule has 0 aromatic heterocycles. The molecule has 3 aromatic carbocycles. The van der Waals surface area contributed by atoms with Gasteiger partial charge in [0, 0.05) is 34.8 Å². The first-order valence-corrected chi connectivity index (χ1v) is 9.80. The van der Waals surface area contributed by atoms with Gasteiger partial charge in [0.1, 0.15) is 11.5 Å². The van der Waals surface area contributed by atoms with E-state index in [4.69, 9.17) is 22.1 Å². The van der Waals surface area contributed by atoms with Crippen LogP contribution < -0.4 is 21.1 Å². The van der Waals surface area contributed by atoms with Gasteiger partial charge in [0.25, 0.3) is 11.8 Å². The number of hydrogen-bond donors (Lipinski definition) is 3. The quantitative estimate of drug-likeness (QED) is 0.469. The van der Waals surface area contributed by atoms with Crippen LogP contribution >= 0.6 is 11.6 Å². The fraction of sp³-hybridized carbons (Fsp3) is 0.0870. The molecule has 7 nitrogen and oxygen atoms in total. The summed E-state index contributed by atoms with van der Waals surface area (Å²) in [4.78, 5) is 35.3. The average Bonchev–Trinajstić information content (AvgIpc) is 2.78. The number of carbonyl (C=O) groups excluding carboxylic acids is 3. The van der Waals surface area contributed by atoms with Gasteiger partial charge in [-0.25, -0.2) is 0 Å². The Balaban J connectivity index is 1.45. The molecule has 3 rings (SSSR count). The number of halogens is 1. The fourth-order valence-corrected chi connectivity index (χ4v) is 2.78. The number of carbonyl (C=O) groups is 3. The summed E-state index contributed by atoms with van der Waals surface area (Å²) in [6.07, 6.45) is 0. The van der Waals surface area contributed by atoms with E-state index >= 15 is 0 Å². The van der Waals surface area contributed by atoms with E-state index in [0.717, 1.165) is 0 Å². The first-order chi connectivity index (χ1) is 14.9. The molecule has 0 saturated carbocycles. The number of primary amides is 1. The van der Waals surface area contributed by atoms with Gasteiger partial charge < -0.3 is 21.1 Å². The van der Waals surface area contributed by atoms with Crippen LogP contribution in [0.2, 0.25) is 5.02 Å². The van der Waals surface area contributed by atoms with Crippen LogP contribution in [0.3, 0.4) is 0 Å². The highest BCUT2D eigenvalue weighted by molar-refractivity contribution is 6.30. The van der Waals surface area contributed by atoms with Gasteiger partial charge in [-0.15, -0.1) is 0 Å². The van der Waals surface area contributed by atoms with Crippen molar-refractivity contribution in [2.45, 2.75) is 0 Å². The Kier molecular flexibility index (Phi) is 7.24. The summed E-state index contributed by atoms with van der Waals surface area (Å²) >= 11 is 5.80. The van der Waals surface area contributed by atoms with Crippen molar-refractivity contribution in [2.75, 3.05) is 13.1 Å². The van der Waals surface area contributed by atoms with Crippen molar-refractivity contribution < 1.29 is 19.1 Å². The maximum Gasteiger partial charge on any atom is 0.251 e. The zero-order chi connectivity index (χ0) is 22.2. The van der Waals surface area contributed by atoms with Gasteiger partial charge in [0.05, 0.1) is 0 Å². The summed E-state index contributed by atoms with van der Waals surface area (Å²) in [5.41, 5.74) is 6.56. The number of amides is 3. The van der Waals surface area contributed by atoms with Crippen molar-refractivity contribution in [3.8, 4) is 11.5 Å². The zero-order valence-electron chi connectivity index (χ0n) is 16.4. The van der Waals surface area contributed by atoms with E-state index in [1.807, 2.05) is 0 Å². The first-order valence-electron chi connectivity index (χ1n) is 9.42. The molecule has 0 saturated heterocycles. The Labute approximate surface area is 184 Å². The lowest BCUT2D eigenvalue weighted by Crippen LogP contribution is -2.34. The molecule has 0 aliphatic carbocycles. The van der Waals surface area contributed by atoms with Gasteiger partial charge >= 0.3 is 0 Å². The molecular weight excluding hydrogens is 418 g/mol. The van der Waals surface area contributed by atoms with Gasteiger partial charge in [-0.1, -0.05) is 11.6 Å². The summed E-state index contributed by atoms with van der Waals surface area (Å²) in [6.45, 7) is 0.568. The Morgan fingerprint density at radius 1 is 0.677 bits per heavy atom. The van der Waals surface area contributed by atoms with Crippen molar-refractivity contribution in [1.82, 2.24) is 10.6 Å². The molecule has 0 fully saturated rings. The number of benzene rings is 3. The maximum absolute atomic E-state index is 12.2. The summed E-state index contributed by atoms with van der Waals surface area (Å²) in [7, 11) is 0.